The van der Waals surface area contributed by atoms with Crippen LogP contribution >= 0.6 is 0 Å². The van der Waals surface area contributed by atoms with Crippen LogP contribution < -0.4 is 0 Å². The van der Waals surface area contributed by atoms with Gasteiger partial charge in [-0.1, -0.05) is 0 Å². The molecule has 0 atom stereocenters. The fourth-order valence-electron chi connectivity index (χ4n) is 0. The Bertz CT molecular complexity index is 13.0. The van der Waals surface area contributed by atoms with E-state index in [0.29, 0.717) is 0 Å². The van der Waals surface area contributed by atoms with Crippen molar-refractivity contribution in [2.75, 3.05) is 0 Å². The second kappa shape index (κ2) is 1230. The van der Waals surface area contributed by atoms with Crippen molar-refractivity contribution in [3.8, 4) is 0 Å². The maximum Gasteiger partial charge on any atom is 0 e. The molecule has 4 radical (unpaired) electrons. The molecule has 0 unspecified atom stereocenters. The van der Waals surface area contributed by atoms with Gasteiger partial charge in [0.25, 0.3) is 0 Å². The molecular formula is H24O12V4. The SMILES string of the molecule is O.O.O.O.O.O.O.O.O.O.O.O.[V].[V].[V].[V]. The minimum Gasteiger partial charge on any atom is -0.412 e. The maximum absolute atomic E-state index is 0. The molecule has 0 saturated carbocycles. The van der Waals surface area contributed by atoms with Gasteiger partial charge in [0.1, 0.15) is 0 Å². The molecule has 24 N–H and O–H groups in total. The van der Waals surface area contributed by atoms with Gasteiger partial charge in [0.05, 0.1) is 0 Å². The van der Waals surface area contributed by atoms with Gasteiger partial charge < -0.3 is 65.7 Å². The van der Waals surface area contributed by atoms with Crippen LogP contribution in [0, 0.1) is 0 Å². The molecule has 0 saturated heterocycles. The summed E-state index contributed by atoms with van der Waals surface area (Å²) in [7, 11) is 0. The summed E-state index contributed by atoms with van der Waals surface area (Å²) < 4.78 is 0. The molecule has 16 heavy (non-hydrogen) atoms. The molecule has 0 aliphatic rings. The van der Waals surface area contributed by atoms with Crippen molar-refractivity contribution in [1.82, 2.24) is 0 Å². The van der Waals surface area contributed by atoms with E-state index in [1.807, 2.05) is 0 Å². The summed E-state index contributed by atoms with van der Waals surface area (Å²) in [5.41, 5.74) is 0. The molecule has 0 aromatic carbocycles. The van der Waals surface area contributed by atoms with Gasteiger partial charge in [-0.15, -0.1) is 0 Å². The van der Waals surface area contributed by atoms with E-state index in [4.69, 9.17) is 0 Å². The first-order valence-electron chi connectivity index (χ1n) is 0. The van der Waals surface area contributed by atoms with E-state index in [9.17, 15) is 0 Å². The molecule has 0 amide bonds. The van der Waals surface area contributed by atoms with Gasteiger partial charge >= 0.3 is 0 Å². The van der Waals surface area contributed by atoms with Gasteiger partial charge in [-0.2, -0.15) is 0 Å². The average Bonchev–Trinajstić information content (AvgIpc) is 0. The van der Waals surface area contributed by atoms with Crippen LogP contribution in [0.5, 0.6) is 0 Å². The van der Waals surface area contributed by atoms with Crippen LogP contribution in [-0.4, -0.2) is 65.7 Å². The molecule has 0 aromatic heterocycles. The summed E-state index contributed by atoms with van der Waals surface area (Å²) in [5.74, 6) is 0. The van der Waals surface area contributed by atoms with Crippen molar-refractivity contribution < 1.29 is 140 Å². The first-order valence-corrected chi connectivity index (χ1v) is 0. The van der Waals surface area contributed by atoms with E-state index < -0.39 is 0 Å². The van der Waals surface area contributed by atoms with E-state index >= 15 is 0 Å². The summed E-state index contributed by atoms with van der Waals surface area (Å²) in [6.45, 7) is 0. The summed E-state index contributed by atoms with van der Waals surface area (Å²) in [4.78, 5) is 0. The van der Waals surface area contributed by atoms with Crippen LogP contribution in [0.1, 0.15) is 0 Å². The van der Waals surface area contributed by atoms with Gasteiger partial charge in [0.2, 0.25) is 0 Å². The number of hydrogen-bond donors (Lipinski definition) is 0. The molecule has 16 heteroatoms. The quantitative estimate of drug-likeness (QED) is 0.352. The molecule has 0 rings (SSSR count). The van der Waals surface area contributed by atoms with E-state index in [0.717, 1.165) is 0 Å². The third-order valence-electron chi connectivity index (χ3n) is 0. The van der Waals surface area contributed by atoms with E-state index in [1.165, 1.54) is 0 Å². The molecule has 0 bridgehead atoms. The van der Waals surface area contributed by atoms with Crippen molar-refractivity contribution in [3.05, 3.63) is 0 Å². The topological polar surface area (TPSA) is 378 Å². The minimum absolute atomic E-state index is 0. The Labute approximate surface area is 139 Å². The van der Waals surface area contributed by atoms with E-state index in [2.05, 4.69) is 0 Å². The molecule has 0 aliphatic carbocycles. The van der Waals surface area contributed by atoms with Crippen molar-refractivity contribution in [3.63, 3.8) is 0 Å². The van der Waals surface area contributed by atoms with Gasteiger partial charge in [0, 0.05) is 74.2 Å². The van der Waals surface area contributed by atoms with Crippen LogP contribution in [-0.2, 0) is 74.2 Å². The predicted molar refractivity (Wildman–Crippen MR) is 43.4 cm³/mol. The van der Waals surface area contributed by atoms with E-state index in [-0.39, 0.29) is 140 Å². The molecule has 0 fully saturated rings. The third-order valence-corrected chi connectivity index (χ3v) is 0. The molecule has 0 spiro atoms. The molecule has 12 nitrogen and oxygen atoms in total. The number of rotatable bonds is 0. The van der Waals surface area contributed by atoms with E-state index in [1.54, 1.807) is 0 Å². The third kappa shape index (κ3) is 1010. The van der Waals surface area contributed by atoms with Crippen LogP contribution in [0.4, 0.5) is 0 Å². The Morgan fingerprint density at radius 2 is 0.125 bits per heavy atom. The van der Waals surface area contributed by atoms with Gasteiger partial charge in [-0.05, 0) is 0 Å². The summed E-state index contributed by atoms with van der Waals surface area (Å²) in [5, 5.41) is 0. The average molecular weight is 420 g/mol. The van der Waals surface area contributed by atoms with Gasteiger partial charge in [-0.3, -0.25) is 0 Å². The van der Waals surface area contributed by atoms with Crippen molar-refractivity contribution in [2.24, 2.45) is 0 Å². The smallest absolute Gasteiger partial charge is 0 e. The molecule has 0 aromatic rings. The number of hydrogen-bond acceptors (Lipinski definition) is 0. The van der Waals surface area contributed by atoms with Crippen LogP contribution in [0.2, 0.25) is 0 Å². The fraction of sp³-hybridized carbons (Fsp3) is 0. The minimum atomic E-state index is 0. The Balaban J connectivity index is 0. The predicted octanol–water partition coefficient (Wildman–Crippen LogP) is -9.91. The van der Waals surface area contributed by atoms with Crippen LogP contribution in [0.3, 0.4) is 0 Å². The Kier molecular flexibility index (Phi) is 113000. The summed E-state index contributed by atoms with van der Waals surface area (Å²) in [6, 6.07) is 0. The molecule has 0 heterocycles. The zero-order valence-electron chi connectivity index (χ0n) is 7.79. The second-order valence-corrected chi connectivity index (χ2v) is 0. The molecular weight excluding hydrogens is 396 g/mol. The molecule has 0 aliphatic heterocycles. The Hall–Kier alpha value is 1.86. The zero-order chi connectivity index (χ0) is 0. The monoisotopic (exact) mass is 420 g/mol. The zero-order valence-corrected chi connectivity index (χ0v) is 13.4. The first-order chi connectivity index (χ1) is 0. The van der Waals surface area contributed by atoms with Gasteiger partial charge in [0.15, 0.2) is 0 Å². The van der Waals surface area contributed by atoms with Crippen molar-refractivity contribution >= 4 is 0 Å². The van der Waals surface area contributed by atoms with Gasteiger partial charge in [-0.25, -0.2) is 0 Å². The van der Waals surface area contributed by atoms with Crippen LogP contribution in [0.25, 0.3) is 0 Å². The van der Waals surface area contributed by atoms with Crippen molar-refractivity contribution in [2.45, 2.75) is 0 Å². The first kappa shape index (κ1) is 1470. The Morgan fingerprint density at radius 3 is 0.125 bits per heavy atom. The molecule has 116 valence electrons. The second-order valence-electron chi connectivity index (χ2n) is 0. The van der Waals surface area contributed by atoms with Crippen molar-refractivity contribution in [1.29, 1.82) is 0 Å². The standard InChI is InChI=1S/12H2O.4V/h12*1H2;;;;. The maximum atomic E-state index is 0. The largest absolute Gasteiger partial charge is 0.412 e. The van der Waals surface area contributed by atoms with Crippen LogP contribution in [0.15, 0.2) is 0 Å². The Morgan fingerprint density at radius 1 is 0.125 bits per heavy atom. The summed E-state index contributed by atoms with van der Waals surface area (Å²) >= 11 is 0. The fourth-order valence-corrected chi connectivity index (χ4v) is 0. The summed E-state index contributed by atoms with van der Waals surface area (Å²) in [6.07, 6.45) is 0. The normalized spacial score (nSPS) is 0.